The third kappa shape index (κ3) is 2.83. The summed E-state index contributed by atoms with van der Waals surface area (Å²) >= 11 is 9.10. The van der Waals surface area contributed by atoms with Crippen LogP contribution in [0.15, 0.2) is 34.8 Å². The second kappa shape index (κ2) is 6.13. The van der Waals surface area contributed by atoms with Gasteiger partial charge in [-0.15, -0.1) is 0 Å². The molecule has 0 fully saturated rings. The summed E-state index contributed by atoms with van der Waals surface area (Å²) in [5.74, 6) is 1.34. The van der Waals surface area contributed by atoms with Crippen LogP contribution in [-0.2, 0) is 0 Å². The Kier molecular flexibility index (Phi) is 4.70. The summed E-state index contributed by atoms with van der Waals surface area (Å²) < 4.78 is 40.7. The van der Waals surface area contributed by atoms with Crippen LogP contribution in [0.2, 0.25) is 5.02 Å². The molecule has 2 aromatic rings. The summed E-state index contributed by atoms with van der Waals surface area (Å²) in [4.78, 5) is 0. The van der Waals surface area contributed by atoms with Crippen LogP contribution in [0.5, 0.6) is 0 Å². The predicted octanol–water partition coefficient (Wildman–Crippen LogP) is 4.07. The third-order valence-corrected chi connectivity index (χ3v) is 3.74. The van der Waals surface area contributed by atoms with E-state index in [0.717, 1.165) is 12.1 Å². The molecule has 1 unspecified atom stereocenters. The summed E-state index contributed by atoms with van der Waals surface area (Å²) in [6, 6.07) is 5.93. The molecule has 1 atom stereocenters. The zero-order valence-corrected chi connectivity index (χ0v) is 12.3. The van der Waals surface area contributed by atoms with Gasteiger partial charge >= 0.3 is 0 Å². The lowest BCUT2D eigenvalue weighted by atomic mass is 9.98. The Morgan fingerprint density at radius 2 is 1.70 bits per heavy atom. The number of rotatable bonds is 3. The second-order valence-electron chi connectivity index (χ2n) is 4.03. The average Bonchev–Trinajstić information content (AvgIpc) is 2.41. The first kappa shape index (κ1) is 15.3. The lowest BCUT2D eigenvalue weighted by Gasteiger charge is -2.19. The van der Waals surface area contributed by atoms with Gasteiger partial charge < -0.3 is 0 Å². The molecule has 2 nitrogen and oxygen atoms in total. The minimum atomic E-state index is -1.53. The molecule has 106 valence electrons. The number of benzene rings is 2. The van der Waals surface area contributed by atoms with Crippen molar-refractivity contribution in [1.82, 2.24) is 5.43 Å². The maximum Gasteiger partial charge on any atom is 0.194 e. The molecule has 0 bridgehead atoms. The van der Waals surface area contributed by atoms with Crippen LogP contribution in [0, 0.1) is 17.5 Å². The van der Waals surface area contributed by atoms with Gasteiger partial charge in [-0.05, 0) is 23.8 Å². The Balaban J connectivity index is 2.55. The van der Waals surface area contributed by atoms with Gasteiger partial charge in [0.25, 0.3) is 0 Å². The van der Waals surface area contributed by atoms with Crippen LogP contribution in [0.4, 0.5) is 13.2 Å². The number of hydrogen-bond donors (Lipinski definition) is 2. The Morgan fingerprint density at radius 1 is 1.05 bits per heavy atom. The van der Waals surface area contributed by atoms with Crippen LogP contribution in [0.3, 0.4) is 0 Å². The van der Waals surface area contributed by atoms with E-state index < -0.39 is 23.5 Å². The minimum Gasteiger partial charge on any atom is -0.271 e. The standard InChI is InChI=1S/C13H9BrClF3N2/c14-9-5-6(15)1-2-7(9)13(20-19)8-3-4-10(16)12(18)11(8)17/h1-5,13,20H,19H2. The van der Waals surface area contributed by atoms with E-state index in [9.17, 15) is 13.2 Å². The maximum absolute atomic E-state index is 13.8. The molecule has 0 spiro atoms. The summed E-state index contributed by atoms with van der Waals surface area (Å²) in [5.41, 5.74) is 2.82. The van der Waals surface area contributed by atoms with E-state index in [1.54, 1.807) is 18.2 Å². The molecule has 0 radical (unpaired) electrons. The zero-order chi connectivity index (χ0) is 14.9. The van der Waals surface area contributed by atoms with Crippen molar-refractivity contribution >= 4 is 27.5 Å². The Labute approximate surface area is 126 Å². The molecule has 7 heteroatoms. The summed E-state index contributed by atoms with van der Waals surface area (Å²) in [5, 5.41) is 0.474. The van der Waals surface area contributed by atoms with Crippen molar-refractivity contribution in [3.8, 4) is 0 Å². The molecule has 2 rings (SSSR count). The molecule has 2 aromatic carbocycles. The normalized spacial score (nSPS) is 12.5. The van der Waals surface area contributed by atoms with Crippen molar-refractivity contribution in [2.45, 2.75) is 6.04 Å². The molecule has 0 aliphatic rings. The van der Waals surface area contributed by atoms with Crippen LogP contribution in [0.25, 0.3) is 0 Å². The van der Waals surface area contributed by atoms with Crippen molar-refractivity contribution < 1.29 is 13.2 Å². The van der Waals surface area contributed by atoms with Crippen LogP contribution >= 0.6 is 27.5 Å². The highest BCUT2D eigenvalue weighted by Gasteiger charge is 2.23. The topological polar surface area (TPSA) is 38.0 Å². The largest absolute Gasteiger partial charge is 0.271 e. The number of halogens is 5. The lowest BCUT2D eigenvalue weighted by Crippen LogP contribution is -2.30. The van der Waals surface area contributed by atoms with Crippen LogP contribution in [-0.4, -0.2) is 0 Å². The molecule has 0 heterocycles. The van der Waals surface area contributed by atoms with Crippen molar-refractivity contribution in [2.75, 3.05) is 0 Å². The highest BCUT2D eigenvalue weighted by atomic mass is 79.9. The molecule has 0 saturated heterocycles. The molecule has 0 saturated carbocycles. The molecule has 3 N–H and O–H groups in total. The summed E-state index contributed by atoms with van der Waals surface area (Å²) in [6.45, 7) is 0. The molecule has 0 aliphatic heterocycles. The van der Waals surface area contributed by atoms with Crippen LogP contribution < -0.4 is 11.3 Å². The van der Waals surface area contributed by atoms with Gasteiger partial charge in [0.1, 0.15) is 0 Å². The first-order valence-electron chi connectivity index (χ1n) is 5.50. The highest BCUT2D eigenvalue weighted by molar-refractivity contribution is 9.10. The molecule has 20 heavy (non-hydrogen) atoms. The van der Waals surface area contributed by atoms with Crippen molar-refractivity contribution in [3.05, 3.63) is 68.4 Å². The Hall–Kier alpha value is -1.08. The van der Waals surface area contributed by atoms with Gasteiger partial charge in [-0.25, -0.2) is 18.6 Å². The Morgan fingerprint density at radius 3 is 2.30 bits per heavy atom. The summed E-state index contributed by atoms with van der Waals surface area (Å²) in [6.07, 6.45) is 0. The fraction of sp³-hybridized carbons (Fsp3) is 0.0769. The molecular formula is C13H9BrClF3N2. The SMILES string of the molecule is NNC(c1ccc(Cl)cc1Br)c1ccc(F)c(F)c1F. The van der Waals surface area contributed by atoms with E-state index in [2.05, 4.69) is 21.4 Å². The molecule has 0 amide bonds. The van der Waals surface area contributed by atoms with E-state index in [-0.39, 0.29) is 5.56 Å². The lowest BCUT2D eigenvalue weighted by molar-refractivity contribution is 0.433. The van der Waals surface area contributed by atoms with Gasteiger partial charge in [0.2, 0.25) is 0 Å². The first-order chi connectivity index (χ1) is 9.45. The number of hydrazine groups is 1. The zero-order valence-electron chi connectivity index (χ0n) is 9.93. The maximum atomic E-state index is 13.8. The summed E-state index contributed by atoms with van der Waals surface area (Å²) in [7, 11) is 0. The average molecular weight is 366 g/mol. The highest BCUT2D eigenvalue weighted by Crippen LogP contribution is 2.32. The van der Waals surface area contributed by atoms with Crippen LogP contribution in [0.1, 0.15) is 17.2 Å². The van der Waals surface area contributed by atoms with Gasteiger partial charge in [-0.2, -0.15) is 0 Å². The second-order valence-corrected chi connectivity index (χ2v) is 5.32. The number of nitrogens with two attached hydrogens (primary N) is 1. The van der Waals surface area contributed by atoms with E-state index in [1.165, 1.54) is 0 Å². The van der Waals surface area contributed by atoms with Crippen molar-refractivity contribution in [2.24, 2.45) is 5.84 Å². The molecule has 0 aromatic heterocycles. The smallest absolute Gasteiger partial charge is 0.194 e. The van der Waals surface area contributed by atoms with Crippen molar-refractivity contribution in [3.63, 3.8) is 0 Å². The monoisotopic (exact) mass is 364 g/mol. The van der Waals surface area contributed by atoms with E-state index >= 15 is 0 Å². The number of hydrogen-bond acceptors (Lipinski definition) is 2. The fourth-order valence-electron chi connectivity index (χ4n) is 1.85. The van der Waals surface area contributed by atoms with Crippen molar-refractivity contribution in [1.29, 1.82) is 0 Å². The van der Waals surface area contributed by atoms with Gasteiger partial charge in [0, 0.05) is 15.1 Å². The van der Waals surface area contributed by atoms with Gasteiger partial charge in [-0.1, -0.05) is 39.7 Å². The number of nitrogens with one attached hydrogen (secondary N) is 1. The Bertz CT molecular complexity index is 652. The molecular weight excluding hydrogens is 357 g/mol. The third-order valence-electron chi connectivity index (χ3n) is 2.82. The quantitative estimate of drug-likeness (QED) is 0.489. The van der Waals surface area contributed by atoms with E-state index in [1.807, 2.05) is 0 Å². The molecule has 0 aliphatic carbocycles. The van der Waals surface area contributed by atoms with Gasteiger partial charge in [0.15, 0.2) is 17.5 Å². The first-order valence-corrected chi connectivity index (χ1v) is 6.67. The van der Waals surface area contributed by atoms with E-state index in [0.29, 0.717) is 15.1 Å². The van der Waals surface area contributed by atoms with Gasteiger partial charge in [0.05, 0.1) is 6.04 Å². The predicted molar refractivity (Wildman–Crippen MR) is 74.6 cm³/mol. The fourth-order valence-corrected chi connectivity index (χ4v) is 2.76. The minimum absolute atomic E-state index is 0.102. The van der Waals surface area contributed by atoms with E-state index in [4.69, 9.17) is 17.4 Å². The van der Waals surface area contributed by atoms with Gasteiger partial charge in [-0.3, -0.25) is 5.84 Å².